The summed E-state index contributed by atoms with van der Waals surface area (Å²) < 4.78 is 1.53. The first kappa shape index (κ1) is 13.8. The van der Waals surface area contributed by atoms with Gasteiger partial charge in [0.25, 0.3) is 0 Å². The summed E-state index contributed by atoms with van der Waals surface area (Å²) in [4.78, 5) is 10.7. The first-order valence-corrected chi connectivity index (χ1v) is 6.71. The van der Waals surface area contributed by atoms with Crippen LogP contribution in [0.25, 0.3) is 0 Å². The fourth-order valence-corrected chi connectivity index (χ4v) is 2.72. The monoisotopic (exact) mass is 267 g/mol. The van der Waals surface area contributed by atoms with Crippen LogP contribution in [0.1, 0.15) is 37.8 Å². The fraction of sp³-hybridized carbons (Fsp3) is 0.750. The SMILES string of the molecule is Cc1nn(C)c(NC2CCCCCC2N)c1[N+](=O)[O-]. The molecule has 2 rings (SSSR count). The van der Waals surface area contributed by atoms with E-state index in [1.807, 2.05) is 0 Å². The Bertz CT molecular complexity index is 471. The molecule has 3 N–H and O–H groups in total. The first-order valence-electron chi connectivity index (χ1n) is 6.71. The number of nitrogens with two attached hydrogens (primary N) is 1. The van der Waals surface area contributed by atoms with Crippen molar-refractivity contribution in [3.63, 3.8) is 0 Å². The van der Waals surface area contributed by atoms with E-state index in [4.69, 9.17) is 5.73 Å². The normalized spacial score (nSPS) is 23.9. The van der Waals surface area contributed by atoms with Gasteiger partial charge in [0, 0.05) is 19.1 Å². The van der Waals surface area contributed by atoms with Gasteiger partial charge in [0.05, 0.1) is 4.92 Å². The Morgan fingerprint density at radius 3 is 2.79 bits per heavy atom. The highest BCUT2D eigenvalue weighted by Gasteiger charge is 2.28. The number of nitrogens with one attached hydrogen (secondary N) is 1. The largest absolute Gasteiger partial charge is 0.360 e. The molecule has 1 aliphatic rings. The molecule has 0 radical (unpaired) electrons. The average Bonchev–Trinajstić information content (AvgIpc) is 2.48. The van der Waals surface area contributed by atoms with Crippen LogP contribution in [-0.2, 0) is 7.05 Å². The summed E-state index contributed by atoms with van der Waals surface area (Å²) in [5.74, 6) is 0.463. The van der Waals surface area contributed by atoms with E-state index in [-0.39, 0.29) is 22.7 Å². The Morgan fingerprint density at radius 2 is 2.11 bits per heavy atom. The molecule has 1 saturated carbocycles. The average molecular weight is 267 g/mol. The van der Waals surface area contributed by atoms with Crippen LogP contribution >= 0.6 is 0 Å². The molecule has 0 amide bonds. The van der Waals surface area contributed by atoms with Crippen molar-refractivity contribution in [2.24, 2.45) is 12.8 Å². The van der Waals surface area contributed by atoms with Crippen LogP contribution in [0.5, 0.6) is 0 Å². The van der Waals surface area contributed by atoms with Gasteiger partial charge in [-0.1, -0.05) is 19.3 Å². The Hall–Kier alpha value is -1.63. The van der Waals surface area contributed by atoms with Gasteiger partial charge in [-0.15, -0.1) is 0 Å². The molecular weight excluding hydrogens is 246 g/mol. The van der Waals surface area contributed by atoms with Crippen LogP contribution in [0.2, 0.25) is 0 Å². The second kappa shape index (κ2) is 5.56. The van der Waals surface area contributed by atoms with Crippen molar-refractivity contribution in [3.8, 4) is 0 Å². The van der Waals surface area contributed by atoms with Crippen LogP contribution in [0.15, 0.2) is 0 Å². The van der Waals surface area contributed by atoms with Crippen LogP contribution in [0, 0.1) is 17.0 Å². The number of nitro groups is 1. The number of hydrogen-bond donors (Lipinski definition) is 2. The molecule has 0 aromatic carbocycles. The van der Waals surface area contributed by atoms with Gasteiger partial charge in [0.1, 0.15) is 5.69 Å². The highest BCUT2D eigenvalue weighted by molar-refractivity contribution is 5.60. The molecule has 1 fully saturated rings. The van der Waals surface area contributed by atoms with Crippen molar-refractivity contribution in [2.45, 2.75) is 51.1 Å². The van der Waals surface area contributed by atoms with Gasteiger partial charge in [0.15, 0.2) is 0 Å². The van der Waals surface area contributed by atoms with Gasteiger partial charge in [-0.25, -0.2) is 4.68 Å². The van der Waals surface area contributed by atoms with Crippen LogP contribution in [0.4, 0.5) is 11.5 Å². The molecule has 7 heteroatoms. The Kier molecular flexibility index (Phi) is 4.04. The molecule has 0 bridgehead atoms. The van der Waals surface area contributed by atoms with Crippen LogP contribution in [0.3, 0.4) is 0 Å². The van der Waals surface area contributed by atoms with Gasteiger partial charge in [-0.2, -0.15) is 5.10 Å². The summed E-state index contributed by atoms with van der Waals surface area (Å²) in [5, 5.41) is 18.5. The second-order valence-corrected chi connectivity index (χ2v) is 5.22. The van der Waals surface area contributed by atoms with E-state index < -0.39 is 0 Å². The number of nitrogens with zero attached hydrogens (tertiary/aromatic N) is 3. The molecule has 19 heavy (non-hydrogen) atoms. The minimum atomic E-state index is -0.382. The molecule has 0 saturated heterocycles. The standard InChI is InChI=1S/C12H21N5O2/c1-8-11(17(18)19)12(16(2)15-8)14-10-7-5-3-4-6-9(10)13/h9-10,14H,3-7,13H2,1-2H3. The molecule has 0 spiro atoms. The summed E-state index contributed by atoms with van der Waals surface area (Å²) >= 11 is 0. The Morgan fingerprint density at radius 1 is 1.42 bits per heavy atom. The Balaban J connectivity index is 2.24. The van der Waals surface area contributed by atoms with E-state index in [0.717, 1.165) is 25.7 Å². The van der Waals surface area contributed by atoms with E-state index in [2.05, 4.69) is 10.4 Å². The predicted octanol–water partition coefficient (Wildman–Crippen LogP) is 1.71. The lowest BCUT2D eigenvalue weighted by Gasteiger charge is -2.23. The lowest BCUT2D eigenvalue weighted by Crippen LogP contribution is -2.39. The van der Waals surface area contributed by atoms with E-state index >= 15 is 0 Å². The maximum Gasteiger partial charge on any atom is 0.333 e. The number of aryl methyl sites for hydroxylation is 2. The van der Waals surface area contributed by atoms with E-state index in [1.54, 1.807) is 14.0 Å². The van der Waals surface area contributed by atoms with Crippen molar-refractivity contribution in [2.75, 3.05) is 5.32 Å². The number of aromatic nitrogens is 2. The molecule has 0 aliphatic heterocycles. The third-order valence-electron chi connectivity index (χ3n) is 3.76. The zero-order chi connectivity index (χ0) is 14.0. The van der Waals surface area contributed by atoms with Crippen molar-refractivity contribution < 1.29 is 4.92 Å². The second-order valence-electron chi connectivity index (χ2n) is 5.22. The van der Waals surface area contributed by atoms with Gasteiger partial charge in [0.2, 0.25) is 5.82 Å². The quantitative estimate of drug-likeness (QED) is 0.493. The molecule has 7 nitrogen and oxygen atoms in total. The summed E-state index contributed by atoms with van der Waals surface area (Å²) in [6.45, 7) is 1.65. The summed E-state index contributed by atoms with van der Waals surface area (Å²) in [6, 6.07) is 0.119. The summed E-state index contributed by atoms with van der Waals surface area (Å²) in [7, 11) is 1.71. The molecule has 1 aliphatic carbocycles. The lowest BCUT2D eigenvalue weighted by atomic mass is 10.0. The van der Waals surface area contributed by atoms with E-state index in [0.29, 0.717) is 11.5 Å². The van der Waals surface area contributed by atoms with Crippen molar-refractivity contribution in [1.82, 2.24) is 9.78 Å². The highest BCUT2D eigenvalue weighted by Crippen LogP contribution is 2.29. The number of anilines is 1. The molecular formula is C12H21N5O2. The molecule has 2 unspecified atom stereocenters. The topological polar surface area (TPSA) is 99.0 Å². The maximum atomic E-state index is 11.1. The number of hydrogen-bond acceptors (Lipinski definition) is 5. The van der Waals surface area contributed by atoms with Gasteiger partial charge in [-0.05, 0) is 19.8 Å². The Labute approximate surface area is 112 Å². The summed E-state index contributed by atoms with van der Waals surface area (Å²) in [6.07, 6.45) is 5.32. The molecule has 1 aromatic rings. The van der Waals surface area contributed by atoms with Gasteiger partial charge < -0.3 is 11.1 Å². The lowest BCUT2D eigenvalue weighted by molar-refractivity contribution is -0.384. The van der Waals surface area contributed by atoms with Crippen molar-refractivity contribution >= 4 is 11.5 Å². The molecule has 106 valence electrons. The molecule has 1 heterocycles. The minimum Gasteiger partial charge on any atom is -0.360 e. The molecule has 2 atom stereocenters. The fourth-order valence-electron chi connectivity index (χ4n) is 2.72. The van der Waals surface area contributed by atoms with Gasteiger partial charge >= 0.3 is 5.69 Å². The molecule has 1 aromatic heterocycles. The smallest absolute Gasteiger partial charge is 0.333 e. The number of rotatable bonds is 3. The van der Waals surface area contributed by atoms with Gasteiger partial charge in [-0.3, -0.25) is 10.1 Å². The minimum absolute atomic E-state index is 0.0392. The third kappa shape index (κ3) is 2.86. The van der Waals surface area contributed by atoms with Crippen molar-refractivity contribution in [1.29, 1.82) is 0 Å². The zero-order valence-corrected chi connectivity index (χ0v) is 11.4. The maximum absolute atomic E-state index is 11.1. The van der Waals surface area contributed by atoms with Crippen LogP contribution < -0.4 is 11.1 Å². The first-order chi connectivity index (χ1) is 9.00. The van der Waals surface area contributed by atoms with E-state index in [9.17, 15) is 10.1 Å². The van der Waals surface area contributed by atoms with Crippen molar-refractivity contribution in [3.05, 3.63) is 15.8 Å². The zero-order valence-electron chi connectivity index (χ0n) is 11.4. The third-order valence-corrected chi connectivity index (χ3v) is 3.76. The predicted molar refractivity (Wildman–Crippen MR) is 73.1 cm³/mol. The highest BCUT2D eigenvalue weighted by atomic mass is 16.6. The summed E-state index contributed by atoms with van der Waals surface area (Å²) in [5.41, 5.74) is 6.63. The van der Waals surface area contributed by atoms with Crippen LogP contribution in [-0.4, -0.2) is 26.8 Å². The van der Waals surface area contributed by atoms with E-state index in [1.165, 1.54) is 11.1 Å².